The van der Waals surface area contributed by atoms with Crippen molar-refractivity contribution in [2.24, 2.45) is 0 Å². The number of aryl methyl sites for hydroxylation is 1. The Kier molecular flexibility index (Phi) is 4.51. The molecule has 1 N–H and O–H groups in total. The lowest BCUT2D eigenvalue weighted by atomic mass is 10.1. The minimum Gasteiger partial charge on any atom is -0.478 e. The number of carbonyl (C=O) groups excluding carboxylic acids is 1. The SMILES string of the molecule is Cc1ccccc1N1C(=O)/C(=C\c2cccc(C(=O)O)c2)SC1=S. The molecule has 0 aliphatic carbocycles. The van der Waals surface area contributed by atoms with Gasteiger partial charge in [0.25, 0.3) is 5.91 Å². The lowest BCUT2D eigenvalue weighted by Crippen LogP contribution is -2.28. The number of carboxylic acids is 1. The van der Waals surface area contributed by atoms with E-state index in [0.717, 1.165) is 11.3 Å². The molecule has 1 amide bonds. The lowest BCUT2D eigenvalue weighted by molar-refractivity contribution is -0.113. The van der Waals surface area contributed by atoms with Gasteiger partial charge >= 0.3 is 5.97 Å². The number of anilines is 1. The van der Waals surface area contributed by atoms with Gasteiger partial charge in [-0.25, -0.2) is 4.79 Å². The molecule has 6 heteroatoms. The number of benzene rings is 2. The van der Waals surface area contributed by atoms with Crippen molar-refractivity contribution in [3.63, 3.8) is 0 Å². The second kappa shape index (κ2) is 6.59. The minimum absolute atomic E-state index is 0.179. The first kappa shape index (κ1) is 16.4. The molecule has 120 valence electrons. The van der Waals surface area contributed by atoms with Gasteiger partial charge in [0.15, 0.2) is 4.32 Å². The normalized spacial score (nSPS) is 16.0. The molecule has 2 aromatic carbocycles. The molecule has 4 nitrogen and oxygen atoms in total. The van der Waals surface area contributed by atoms with E-state index in [4.69, 9.17) is 17.3 Å². The average molecular weight is 355 g/mol. The topological polar surface area (TPSA) is 57.6 Å². The molecule has 24 heavy (non-hydrogen) atoms. The van der Waals surface area contributed by atoms with E-state index in [1.165, 1.54) is 28.8 Å². The first-order valence-electron chi connectivity index (χ1n) is 7.14. The van der Waals surface area contributed by atoms with Crippen molar-refractivity contribution in [3.05, 3.63) is 70.1 Å². The van der Waals surface area contributed by atoms with Gasteiger partial charge < -0.3 is 5.11 Å². The van der Waals surface area contributed by atoms with Crippen LogP contribution in [0.2, 0.25) is 0 Å². The van der Waals surface area contributed by atoms with Crippen molar-refractivity contribution >= 4 is 51.9 Å². The van der Waals surface area contributed by atoms with Gasteiger partial charge in [-0.2, -0.15) is 0 Å². The number of thioether (sulfide) groups is 1. The van der Waals surface area contributed by atoms with E-state index >= 15 is 0 Å². The van der Waals surface area contributed by atoms with Crippen molar-refractivity contribution < 1.29 is 14.7 Å². The third-order valence-corrected chi connectivity index (χ3v) is 4.88. The summed E-state index contributed by atoms with van der Waals surface area (Å²) in [4.78, 5) is 25.8. The van der Waals surface area contributed by atoms with Gasteiger partial charge in [0.2, 0.25) is 0 Å². The molecule has 2 aromatic rings. The fourth-order valence-corrected chi connectivity index (χ4v) is 3.69. The van der Waals surface area contributed by atoms with Crippen LogP contribution in [0.1, 0.15) is 21.5 Å². The molecule has 0 aromatic heterocycles. The third-order valence-electron chi connectivity index (χ3n) is 3.58. The van der Waals surface area contributed by atoms with Crippen LogP contribution in [-0.2, 0) is 4.79 Å². The van der Waals surface area contributed by atoms with Crippen molar-refractivity contribution in [1.29, 1.82) is 0 Å². The van der Waals surface area contributed by atoms with Gasteiger partial charge in [0, 0.05) is 0 Å². The Bertz CT molecular complexity index is 889. The van der Waals surface area contributed by atoms with Crippen molar-refractivity contribution in [2.75, 3.05) is 4.90 Å². The molecule has 0 spiro atoms. The first-order chi connectivity index (χ1) is 11.5. The number of amides is 1. The molecular weight excluding hydrogens is 342 g/mol. The highest BCUT2D eigenvalue weighted by Crippen LogP contribution is 2.37. The van der Waals surface area contributed by atoms with Crippen LogP contribution in [0.4, 0.5) is 5.69 Å². The van der Waals surface area contributed by atoms with Crippen molar-refractivity contribution in [1.82, 2.24) is 0 Å². The van der Waals surface area contributed by atoms with E-state index in [9.17, 15) is 9.59 Å². The Morgan fingerprint density at radius 3 is 2.67 bits per heavy atom. The Hall–Kier alpha value is -2.44. The summed E-state index contributed by atoms with van der Waals surface area (Å²) in [6.07, 6.45) is 1.67. The third kappa shape index (κ3) is 3.11. The fraction of sp³-hybridized carbons (Fsp3) is 0.0556. The van der Waals surface area contributed by atoms with E-state index < -0.39 is 5.97 Å². The maximum Gasteiger partial charge on any atom is 0.335 e. The van der Waals surface area contributed by atoms with Gasteiger partial charge in [-0.15, -0.1) is 0 Å². The Labute approximate surface area is 148 Å². The summed E-state index contributed by atoms with van der Waals surface area (Å²) in [6, 6.07) is 14.0. The summed E-state index contributed by atoms with van der Waals surface area (Å²) in [7, 11) is 0. The summed E-state index contributed by atoms with van der Waals surface area (Å²) >= 11 is 6.57. The lowest BCUT2D eigenvalue weighted by Gasteiger charge is -2.16. The smallest absolute Gasteiger partial charge is 0.335 e. The molecule has 3 rings (SSSR count). The van der Waals surface area contributed by atoms with Crippen LogP contribution in [0.5, 0.6) is 0 Å². The molecule has 0 saturated carbocycles. The highest BCUT2D eigenvalue weighted by Gasteiger charge is 2.33. The molecule has 0 bridgehead atoms. The predicted octanol–water partition coefficient (Wildman–Crippen LogP) is 4.10. The van der Waals surface area contributed by atoms with E-state index in [-0.39, 0.29) is 11.5 Å². The molecule has 0 radical (unpaired) electrons. The van der Waals surface area contributed by atoms with Gasteiger partial charge in [0.05, 0.1) is 16.2 Å². The van der Waals surface area contributed by atoms with Crippen LogP contribution < -0.4 is 4.90 Å². The van der Waals surface area contributed by atoms with Gasteiger partial charge in [-0.3, -0.25) is 9.69 Å². The van der Waals surface area contributed by atoms with Crippen LogP contribution in [0, 0.1) is 6.92 Å². The maximum absolute atomic E-state index is 12.7. The van der Waals surface area contributed by atoms with E-state index in [1.807, 2.05) is 31.2 Å². The molecule has 1 fully saturated rings. The number of aromatic carboxylic acids is 1. The zero-order chi connectivity index (χ0) is 17.3. The summed E-state index contributed by atoms with van der Waals surface area (Å²) in [5.41, 5.74) is 2.56. The number of hydrogen-bond acceptors (Lipinski definition) is 4. The molecule has 1 heterocycles. The van der Waals surface area contributed by atoms with Crippen LogP contribution in [-0.4, -0.2) is 21.3 Å². The number of nitrogens with zero attached hydrogens (tertiary/aromatic N) is 1. The Morgan fingerprint density at radius 1 is 1.21 bits per heavy atom. The van der Waals surface area contributed by atoms with Crippen LogP contribution in [0.15, 0.2) is 53.4 Å². The Balaban J connectivity index is 1.96. The quantitative estimate of drug-likeness (QED) is 0.663. The minimum atomic E-state index is -1.00. The molecule has 0 unspecified atom stereocenters. The molecule has 1 aliphatic rings. The van der Waals surface area contributed by atoms with E-state index in [2.05, 4.69) is 0 Å². The molecule has 1 saturated heterocycles. The summed E-state index contributed by atoms with van der Waals surface area (Å²) < 4.78 is 0.468. The highest BCUT2D eigenvalue weighted by atomic mass is 32.2. The summed E-state index contributed by atoms with van der Waals surface area (Å²) in [5, 5.41) is 9.06. The number of hydrogen-bond donors (Lipinski definition) is 1. The number of carbonyl (C=O) groups is 2. The second-order valence-electron chi connectivity index (χ2n) is 5.23. The first-order valence-corrected chi connectivity index (χ1v) is 8.37. The largest absolute Gasteiger partial charge is 0.478 e. The van der Waals surface area contributed by atoms with Crippen molar-refractivity contribution in [2.45, 2.75) is 6.92 Å². The maximum atomic E-state index is 12.7. The van der Waals surface area contributed by atoms with Gasteiger partial charge in [-0.05, 0) is 42.3 Å². The Morgan fingerprint density at radius 2 is 1.96 bits per heavy atom. The van der Waals surface area contributed by atoms with Crippen LogP contribution in [0.3, 0.4) is 0 Å². The summed E-state index contributed by atoms with van der Waals surface area (Å²) in [5.74, 6) is -1.20. The number of thiocarbonyl (C=S) groups is 1. The van der Waals surface area contributed by atoms with Gasteiger partial charge in [-0.1, -0.05) is 54.3 Å². The van der Waals surface area contributed by atoms with E-state index in [0.29, 0.717) is 14.8 Å². The number of para-hydroxylation sites is 1. The second-order valence-corrected chi connectivity index (χ2v) is 6.91. The van der Waals surface area contributed by atoms with E-state index in [1.54, 1.807) is 18.2 Å². The molecule has 1 aliphatic heterocycles. The zero-order valence-electron chi connectivity index (χ0n) is 12.7. The van der Waals surface area contributed by atoms with Crippen molar-refractivity contribution in [3.8, 4) is 0 Å². The zero-order valence-corrected chi connectivity index (χ0v) is 14.4. The standard InChI is InChI=1S/C18H13NO3S2/c1-11-5-2-3-8-14(11)19-16(20)15(24-18(19)23)10-12-6-4-7-13(9-12)17(21)22/h2-10H,1H3,(H,21,22)/b15-10+. The number of carboxylic acid groups (broad SMARTS) is 1. The summed E-state index contributed by atoms with van der Waals surface area (Å²) in [6.45, 7) is 1.92. The fourth-order valence-electron chi connectivity index (χ4n) is 2.40. The molecular formula is C18H13NO3S2. The molecule has 0 atom stereocenters. The predicted molar refractivity (Wildman–Crippen MR) is 100 cm³/mol. The highest BCUT2D eigenvalue weighted by molar-refractivity contribution is 8.27. The number of rotatable bonds is 3. The monoisotopic (exact) mass is 355 g/mol. The van der Waals surface area contributed by atoms with Gasteiger partial charge in [0.1, 0.15) is 0 Å². The average Bonchev–Trinajstić information content (AvgIpc) is 2.82. The van der Waals surface area contributed by atoms with Crippen LogP contribution in [0.25, 0.3) is 6.08 Å². The van der Waals surface area contributed by atoms with Crippen LogP contribution >= 0.6 is 24.0 Å².